The number of carbonyl (C=O) groups is 6. The molecule has 3 fully saturated rings. The first-order valence-electron chi connectivity index (χ1n) is 18.4. The fourth-order valence-electron chi connectivity index (χ4n) is 7.30. The normalized spacial score (nSPS) is 34.9. The molecule has 0 aliphatic carbocycles. The number of carboxylic acids is 3. The van der Waals surface area contributed by atoms with Crippen LogP contribution in [-0.2, 0) is 52.5 Å². The van der Waals surface area contributed by atoms with Gasteiger partial charge in [0.1, 0.15) is 72.8 Å². The Bertz CT molecular complexity index is 1610. The zero-order chi connectivity index (χ0) is 46.5. The van der Waals surface area contributed by atoms with Crippen molar-refractivity contribution in [3.05, 3.63) is 0 Å². The first kappa shape index (κ1) is 66.3. The van der Waals surface area contributed by atoms with Gasteiger partial charge >= 0.3 is 88.7 Å². The van der Waals surface area contributed by atoms with Gasteiger partial charge < -0.3 is 126 Å². The summed E-state index contributed by atoms with van der Waals surface area (Å²) < 4.78 is 26.9. The second-order valence-corrected chi connectivity index (χ2v) is 14.8. The van der Waals surface area contributed by atoms with Gasteiger partial charge in [0.05, 0.1) is 56.3 Å². The fraction of sp³-hybridized carbons (Fsp3) is 0.824. The Morgan fingerprint density at radius 1 is 0.569 bits per heavy atom. The number of hydrogen-bond donors (Lipinski definition) is 14. The number of nitrogens with one attached hydrogen (secondary N) is 3. The molecule has 3 rings (SSSR count). The second kappa shape index (κ2) is 27.5. The number of rotatable bonds is 19. The first-order valence-corrected chi connectivity index (χ1v) is 18.4. The average molecular weight is 974 g/mol. The molecule has 18 atom stereocenters. The van der Waals surface area contributed by atoms with E-state index in [1.807, 2.05) is 0 Å². The number of ether oxygens (including phenoxy) is 5. The third-order valence-corrected chi connectivity index (χ3v) is 10.2. The van der Waals surface area contributed by atoms with E-state index in [1.165, 1.54) is 0 Å². The fourth-order valence-corrected chi connectivity index (χ4v) is 7.30. The molecular weight excluding hydrogens is 919 g/mol. The van der Waals surface area contributed by atoms with Gasteiger partial charge in [-0.05, 0) is 0 Å². The summed E-state index contributed by atoms with van der Waals surface area (Å²) in [4.78, 5) is 73.3. The molecule has 3 aliphatic rings. The van der Waals surface area contributed by atoms with Crippen molar-refractivity contribution in [2.24, 2.45) is 0 Å². The number of aliphatic hydroxyl groups is 11. The molecular formula is C34H54N3Na3O25. The van der Waals surface area contributed by atoms with Gasteiger partial charge in [-0.2, -0.15) is 0 Å². The van der Waals surface area contributed by atoms with Gasteiger partial charge in [-0.25, -0.2) is 0 Å². The third kappa shape index (κ3) is 15.6. The van der Waals surface area contributed by atoms with Crippen molar-refractivity contribution in [2.45, 2.75) is 156 Å². The Hall–Kier alpha value is -0.820. The van der Waals surface area contributed by atoms with Crippen molar-refractivity contribution >= 4 is 35.6 Å². The van der Waals surface area contributed by atoms with Gasteiger partial charge in [0.15, 0.2) is 0 Å². The molecule has 0 bridgehead atoms. The summed E-state index contributed by atoms with van der Waals surface area (Å²) in [6.45, 7) is -1.39. The van der Waals surface area contributed by atoms with Gasteiger partial charge in [-0.15, -0.1) is 0 Å². The molecule has 3 aliphatic heterocycles. The van der Waals surface area contributed by atoms with Crippen molar-refractivity contribution in [1.29, 1.82) is 0 Å². The minimum Gasteiger partial charge on any atom is -0.544 e. The molecule has 358 valence electrons. The van der Waals surface area contributed by atoms with Gasteiger partial charge in [0.2, 0.25) is 35.1 Å². The number of aliphatic hydroxyl groups excluding tert-OH is 10. The van der Waals surface area contributed by atoms with E-state index in [0.29, 0.717) is 0 Å². The molecule has 28 nitrogen and oxygen atoms in total. The van der Waals surface area contributed by atoms with E-state index in [0.717, 1.165) is 20.8 Å². The van der Waals surface area contributed by atoms with E-state index in [1.54, 1.807) is 0 Å². The molecule has 14 N–H and O–H groups in total. The summed E-state index contributed by atoms with van der Waals surface area (Å²) in [6.07, 6.45) is -31.4. The summed E-state index contributed by atoms with van der Waals surface area (Å²) >= 11 is 0. The van der Waals surface area contributed by atoms with E-state index < -0.39 is 183 Å². The molecule has 3 unspecified atom stereocenters. The molecule has 0 aromatic heterocycles. The van der Waals surface area contributed by atoms with Crippen LogP contribution in [0.25, 0.3) is 0 Å². The first-order chi connectivity index (χ1) is 28.2. The topological polar surface area (TPSA) is 476 Å². The molecule has 65 heavy (non-hydrogen) atoms. The minimum absolute atomic E-state index is 0. The molecule has 0 saturated carbocycles. The van der Waals surface area contributed by atoms with E-state index >= 15 is 0 Å². The Morgan fingerprint density at radius 3 is 1.15 bits per heavy atom. The van der Waals surface area contributed by atoms with Crippen LogP contribution in [0.15, 0.2) is 0 Å². The van der Waals surface area contributed by atoms with E-state index in [9.17, 15) is 100 Å². The van der Waals surface area contributed by atoms with Gasteiger partial charge in [0.25, 0.3) is 0 Å². The monoisotopic (exact) mass is 973 g/mol. The van der Waals surface area contributed by atoms with Crippen LogP contribution in [0.4, 0.5) is 0 Å². The molecule has 3 saturated heterocycles. The Morgan fingerprint density at radius 2 is 0.877 bits per heavy atom. The molecule has 0 aromatic carbocycles. The van der Waals surface area contributed by atoms with Crippen LogP contribution in [0.5, 0.6) is 0 Å². The molecule has 0 aromatic rings. The molecule has 0 spiro atoms. The van der Waals surface area contributed by atoms with Crippen molar-refractivity contribution < 1.29 is 213 Å². The number of carbonyl (C=O) groups excluding carboxylic acids is 6. The maximum absolute atomic E-state index is 12.9. The van der Waals surface area contributed by atoms with Crippen molar-refractivity contribution in [3.8, 4) is 0 Å². The summed E-state index contributed by atoms with van der Waals surface area (Å²) in [5, 5.41) is 161. The quantitative estimate of drug-likeness (QED) is 0.0535. The van der Waals surface area contributed by atoms with E-state index in [4.69, 9.17) is 23.7 Å². The second-order valence-electron chi connectivity index (χ2n) is 14.8. The SMILES string of the molecule is C.CC(=O)N[C@H]1C([C@@H](O)[C@H](O)CO)O[C@@](O[C@H](CO)[C@H](O)C2O[C@@](O[C@H](CO)[C@H](O)C3O[C@@](O)(C(=O)[O-])C[C@@H](O)[C@H]3NC(C)=O)(C(=O)[O-])C[C@@H](O)[C@H]2NC(C)=O)(C(=O)[O-])C[C@H]1O.[Na+].[Na+].[Na+]. The predicted octanol–water partition coefficient (Wildman–Crippen LogP) is -21.9. The molecule has 0 radical (unpaired) electrons. The van der Waals surface area contributed by atoms with Crippen LogP contribution in [0.1, 0.15) is 47.5 Å². The van der Waals surface area contributed by atoms with Crippen LogP contribution < -0.4 is 120 Å². The van der Waals surface area contributed by atoms with Gasteiger partial charge in [-0.3, -0.25) is 14.4 Å². The van der Waals surface area contributed by atoms with Crippen molar-refractivity contribution in [3.63, 3.8) is 0 Å². The maximum Gasteiger partial charge on any atom is 1.00 e. The standard InChI is InChI=1S/C33H53N3O25.CH4.3Na/c1-10(40)34-19-13(43)4-31(56,28(50)51)59-26(19)23(48)17(8-38)57-33(30(54)55)6-15(45)21(36-12(3)42)27(61-33)24(49)18(9-39)58-32(29(52)53)5-14(44)20(35-11(2)41)25(60-32)22(47)16(46)7-37;;;;/h13-27,37-39,43-49,56H,4-9H2,1-3H3,(H,34,40)(H,35,41)(H,36,42)(H,50,51)(H,52,53)(H,54,55);1H4;;;/q;;3*+1/p-3/t13-,14-,15-,16-,17-,18-,19-,20-,21-,22+,23+,24+,25?,26?,27?,31-,32-,33-;;;;/m1..../s1. The van der Waals surface area contributed by atoms with Crippen LogP contribution >= 0.6 is 0 Å². The van der Waals surface area contributed by atoms with Crippen LogP contribution in [0.2, 0.25) is 0 Å². The molecule has 3 amide bonds. The third-order valence-electron chi connectivity index (χ3n) is 10.2. The average Bonchev–Trinajstić information content (AvgIpc) is 3.17. The van der Waals surface area contributed by atoms with Crippen LogP contribution in [0, 0.1) is 0 Å². The van der Waals surface area contributed by atoms with Gasteiger partial charge in [0, 0.05) is 40.0 Å². The number of aliphatic carboxylic acids is 3. The number of amides is 3. The van der Waals surface area contributed by atoms with Crippen LogP contribution in [0.3, 0.4) is 0 Å². The largest absolute Gasteiger partial charge is 1.00 e. The zero-order valence-electron chi connectivity index (χ0n) is 35.5. The summed E-state index contributed by atoms with van der Waals surface area (Å²) in [6, 6.07) is -5.47. The van der Waals surface area contributed by atoms with Crippen molar-refractivity contribution in [1.82, 2.24) is 16.0 Å². The molecule has 3 heterocycles. The Balaban J connectivity index is 0. The minimum atomic E-state index is -3.49. The zero-order valence-corrected chi connectivity index (χ0v) is 41.5. The number of hydrogen-bond acceptors (Lipinski definition) is 25. The van der Waals surface area contributed by atoms with E-state index in [-0.39, 0.29) is 96.1 Å². The van der Waals surface area contributed by atoms with Gasteiger partial charge in [-0.1, -0.05) is 7.43 Å². The molecule has 31 heteroatoms. The number of carboxylic acid groups (broad SMARTS) is 3. The van der Waals surface area contributed by atoms with E-state index in [2.05, 4.69) is 16.0 Å². The Kier molecular flexibility index (Phi) is 28.1. The van der Waals surface area contributed by atoms with Crippen molar-refractivity contribution in [2.75, 3.05) is 19.8 Å². The maximum atomic E-state index is 12.9. The smallest absolute Gasteiger partial charge is 0.544 e. The predicted molar refractivity (Wildman–Crippen MR) is 186 cm³/mol. The summed E-state index contributed by atoms with van der Waals surface area (Å²) in [5.41, 5.74) is 0. The summed E-state index contributed by atoms with van der Waals surface area (Å²) in [7, 11) is 0. The van der Waals surface area contributed by atoms with Crippen LogP contribution in [-0.4, -0.2) is 220 Å². The summed E-state index contributed by atoms with van der Waals surface area (Å²) in [5.74, 6) is -20.1. The Labute approximate surface area is 436 Å².